The van der Waals surface area contributed by atoms with Gasteiger partial charge in [-0.2, -0.15) is 5.10 Å². The Morgan fingerprint density at radius 1 is 1.40 bits per heavy atom. The van der Waals surface area contributed by atoms with Crippen LogP contribution in [0.4, 0.5) is 5.69 Å². The highest BCUT2D eigenvalue weighted by atomic mass is 15.3. The van der Waals surface area contributed by atoms with Gasteiger partial charge >= 0.3 is 0 Å². The maximum absolute atomic E-state index is 4.43. The van der Waals surface area contributed by atoms with Gasteiger partial charge in [0.15, 0.2) is 0 Å². The number of anilines is 1. The van der Waals surface area contributed by atoms with E-state index in [-0.39, 0.29) is 0 Å². The quantitative estimate of drug-likeness (QED) is 0.888. The van der Waals surface area contributed by atoms with Gasteiger partial charge in [-0.1, -0.05) is 6.92 Å². The highest BCUT2D eigenvalue weighted by Gasteiger charge is 2.28. The molecule has 0 radical (unpaired) electrons. The van der Waals surface area contributed by atoms with Crippen molar-refractivity contribution >= 4 is 5.69 Å². The van der Waals surface area contributed by atoms with Gasteiger partial charge in [0, 0.05) is 31.4 Å². The first-order chi connectivity index (χ1) is 9.45. The van der Waals surface area contributed by atoms with Gasteiger partial charge in [0.1, 0.15) is 0 Å². The summed E-state index contributed by atoms with van der Waals surface area (Å²) < 4.78 is 2.02. The Morgan fingerprint density at radius 2 is 2.15 bits per heavy atom. The zero-order valence-corrected chi connectivity index (χ0v) is 13.5. The number of hydrogen-bond acceptors (Lipinski definition) is 4. The van der Waals surface area contributed by atoms with Crippen LogP contribution in [0.15, 0.2) is 12.4 Å². The molecule has 1 fully saturated rings. The summed E-state index contributed by atoms with van der Waals surface area (Å²) in [6.45, 7) is 7.75. The number of piperidine rings is 1. The van der Waals surface area contributed by atoms with Crippen LogP contribution in [-0.4, -0.2) is 65.9 Å². The summed E-state index contributed by atoms with van der Waals surface area (Å²) in [6, 6.07) is 1.19. The summed E-state index contributed by atoms with van der Waals surface area (Å²) >= 11 is 0. The van der Waals surface area contributed by atoms with E-state index < -0.39 is 0 Å². The second-order valence-corrected chi connectivity index (χ2v) is 6.55. The lowest BCUT2D eigenvalue weighted by Crippen LogP contribution is -2.48. The zero-order valence-electron chi connectivity index (χ0n) is 13.5. The van der Waals surface area contributed by atoms with Crippen LogP contribution < -0.4 is 5.32 Å². The smallest absolute Gasteiger partial charge is 0.0728 e. The molecule has 2 rings (SSSR count). The van der Waals surface area contributed by atoms with E-state index in [1.54, 1.807) is 0 Å². The molecule has 1 N–H and O–H groups in total. The van der Waals surface area contributed by atoms with E-state index in [0.717, 1.165) is 25.3 Å². The maximum atomic E-state index is 4.43. The molecule has 20 heavy (non-hydrogen) atoms. The number of rotatable bonds is 5. The predicted octanol–water partition coefficient (Wildman–Crippen LogP) is 1.59. The standard InChI is InChI=1S/C15H29N5/c1-12-10-19(5)13(2)8-15(12)17-14-9-16-20(11-14)7-6-18(3)4/h9,11-13,15,17H,6-8,10H2,1-5H3. The molecule has 1 saturated heterocycles. The fourth-order valence-corrected chi connectivity index (χ4v) is 2.82. The van der Waals surface area contributed by atoms with Crippen LogP contribution in [0.2, 0.25) is 0 Å². The van der Waals surface area contributed by atoms with Crippen LogP contribution in [-0.2, 0) is 6.54 Å². The molecule has 2 heterocycles. The number of aromatic nitrogens is 2. The Morgan fingerprint density at radius 3 is 2.85 bits per heavy atom. The van der Waals surface area contributed by atoms with Gasteiger partial charge in [-0.15, -0.1) is 0 Å². The molecule has 1 aliphatic heterocycles. The minimum atomic E-state index is 0.549. The van der Waals surface area contributed by atoms with E-state index in [1.807, 2.05) is 10.9 Å². The molecule has 0 bridgehead atoms. The first kappa shape index (κ1) is 15.3. The molecule has 1 aromatic heterocycles. The van der Waals surface area contributed by atoms with E-state index in [2.05, 4.69) is 61.4 Å². The third-order valence-corrected chi connectivity index (χ3v) is 4.37. The summed E-state index contributed by atoms with van der Waals surface area (Å²) in [5, 5.41) is 8.10. The molecular formula is C15H29N5. The molecule has 0 aliphatic carbocycles. The zero-order chi connectivity index (χ0) is 14.7. The summed E-state index contributed by atoms with van der Waals surface area (Å²) in [5.41, 5.74) is 1.15. The van der Waals surface area contributed by atoms with E-state index in [9.17, 15) is 0 Å². The minimum absolute atomic E-state index is 0.549. The van der Waals surface area contributed by atoms with Crippen molar-refractivity contribution in [1.29, 1.82) is 0 Å². The lowest BCUT2D eigenvalue weighted by atomic mass is 9.90. The molecular weight excluding hydrogens is 250 g/mol. The molecule has 3 atom stereocenters. The van der Waals surface area contributed by atoms with Crippen molar-refractivity contribution in [3.8, 4) is 0 Å². The molecule has 0 saturated carbocycles. The molecule has 1 aliphatic rings. The third-order valence-electron chi connectivity index (χ3n) is 4.37. The molecule has 5 heteroatoms. The number of nitrogens with zero attached hydrogens (tertiary/aromatic N) is 4. The van der Waals surface area contributed by atoms with Gasteiger partial charge in [-0.25, -0.2) is 0 Å². The van der Waals surface area contributed by atoms with Gasteiger partial charge in [0.25, 0.3) is 0 Å². The van der Waals surface area contributed by atoms with Gasteiger partial charge in [0.2, 0.25) is 0 Å². The summed E-state index contributed by atoms with van der Waals surface area (Å²) in [5.74, 6) is 0.668. The molecule has 0 spiro atoms. The average Bonchev–Trinajstić information content (AvgIpc) is 2.81. The molecule has 0 amide bonds. The van der Waals surface area contributed by atoms with Crippen molar-refractivity contribution in [2.75, 3.05) is 39.5 Å². The molecule has 3 unspecified atom stereocenters. The summed E-state index contributed by atoms with van der Waals surface area (Å²) in [4.78, 5) is 4.62. The lowest BCUT2D eigenvalue weighted by Gasteiger charge is -2.40. The highest BCUT2D eigenvalue weighted by molar-refractivity contribution is 5.39. The van der Waals surface area contributed by atoms with Crippen LogP contribution in [0.1, 0.15) is 20.3 Å². The normalized spacial score (nSPS) is 28.0. The van der Waals surface area contributed by atoms with Crippen molar-refractivity contribution < 1.29 is 0 Å². The van der Waals surface area contributed by atoms with Crippen LogP contribution in [0, 0.1) is 5.92 Å². The SMILES string of the molecule is CC1CN(C)C(C)CC1Nc1cnn(CCN(C)C)c1. The second-order valence-electron chi connectivity index (χ2n) is 6.55. The van der Waals surface area contributed by atoms with Crippen LogP contribution >= 0.6 is 0 Å². The largest absolute Gasteiger partial charge is 0.379 e. The molecule has 0 aromatic carbocycles. The van der Waals surface area contributed by atoms with Gasteiger partial charge in [0.05, 0.1) is 18.4 Å². The van der Waals surface area contributed by atoms with E-state index in [1.165, 1.54) is 6.42 Å². The van der Waals surface area contributed by atoms with Crippen LogP contribution in [0.3, 0.4) is 0 Å². The number of likely N-dealkylation sites (tertiary alicyclic amines) is 1. The van der Waals surface area contributed by atoms with E-state index >= 15 is 0 Å². The van der Waals surface area contributed by atoms with Gasteiger partial charge in [-0.05, 0) is 40.4 Å². The molecule has 114 valence electrons. The van der Waals surface area contributed by atoms with E-state index in [4.69, 9.17) is 0 Å². The number of nitrogens with one attached hydrogen (secondary N) is 1. The fourth-order valence-electron chi connectivity index (χ4n) is 2.82. The average molecular weight is 279 g/mol. The summed E-state index contributed by atoms with van der Waals surface area (Å²) in [7, 11) is 6.39. The number of likely N-dealkylation sites (N-methyl/N-ethyl adjacent to an activating group) is 1. The predicted molar refractivity (Wildman–Crippen MR) is 84.1 cm³/mol. The van der Waals surface area contributed by atoms with Crippen molar-refractivity contribution in [3.63, 3.8) is 0 Å². The summed E-state index contributed by atoms with van der Waals surface area (Å²) in [6.07, 6.45) is 5.27. The fraction of sp³-hybridized carbons (Fsp3) is 0.800. The van der Waals surface area contributed by atoms with E-state index in [0.29, 0.717) is 18.0 Å². The van der Waals surface area contributed by atoms with Crippen LogP contribution in [0.25, 0.3) is 0 Å². The Balaban J connectivity index is 1.89. The van der Waals surface area contributed by atoms with Crippen molar-refractivity contribution in [2.24, 2.45) is 5.92 Å². The molecule has 1 aromatic rings. The highest BCUT2D eigenvalue weighted by Crippen LogP contribution is 2.24. The first-order valence-corrected chi connectivity index (χ1v) is 7.59. The third kappa shape index (κ3) is 3.96. The lowest BCUT2D eigenvalue weighted by molar-refractivity contribution is 0.145. The van der Waals surface area contributed by atoms with Gasteiger partial charge in [-0.3, -0.25) is 4.68 Å². The first-order valence-electron chi connectivity index (χ1n) is 7.59. The van der Waals surface area contributed by atoms with Crippen LogP contribution in [0.5, 0.6) is 0 Å². The Labute approximate surface area is 122 Å². The van der Waals surface area contributed by atoms with Crippen molar-refractivity contribution in [1.82, 2.24) is 19.6 Å². The number of hydrogen-bond donors (Lipinski definition) is 1. The Kier molecular flexibility index (Phi) is 5.05. The maximum Gasteiger partial charge on any atom is 0.0728 e. The van der Waals surface area contributed by atoms with Crippen molar-refractivity contribution in [2.45, 2.75) is 38.9 Å². The second kappa shape index (κ2) is 6.59. The van der Waals surface area contributed by atoms with Crippen molar-refractivity contribution in [3.05, 3.63) is 12.4 Å². The Hall–Kier alpha value is -1.07. The van der Waals surface area contributed by atoms with Gasteiger partial charge < -0.3 is 15.1 Å². The molecule has 5 nitrogen and oxygen atoms in total. The Bertz CT molecular complexity index is 414. The minimum Gasteiger partial charge on any atom is -0.379 e. The monoisotopic (exact) mass is 279 g/mol. The topological polar surface area (TPSA) is 36.3 Å².